The van der Waals surface area contributed by atoms with Gasteiger partial charge in [0.15, 0.2) is 0 Å². The summed E-state index contributed by atoms with van der Waals surface area (Å²) in [5, 5.41) is 12.5. The summed E-state index contributed by atoms with van der Waals surface area (Å²) in [4.78, 5) is 12.1. The number of amides is 1. The number of hydrogen-bond donors (Lipinski definition) is 1. The molecule has 1 aliphatic rings. The highest BCUT2D eigenvalue weighted by atomic mass is 79.9. The quantitative estimate of drug-likeness (QED) is 0.891. The zero-order valence-electron chi connectivity index (χ0n) is 9.89. The van der Waals surface area contributed by atoms with E-state index in [9.17, 15) is 4.79 Å². The fourth-order valence-corrected chi connectivity index (χ4v) is 2.62. The topological polar surface area (TPSA) is 52.9 Å². The van der Waals surface area contributed by atoms with E-state index in [-0.39, 0.29) is 5.91 Å². The van der Waals surface area contributed by atoms with Gasteiger partial charge < -0.3 is 5.32 Å². The van der Waals surface area contributed by atoms with Crippen molar-refractivity contribution in [3.63, 3.8) is 0 Å². The van der Waals surface area contributed by atoms with Gasteiger partial charge in [0, 0.05) is 9.50 Å². The van der Waals surface area contributed by atoms with Gasteiger partial charge in [0.25, 0.3) is 0 Å². The third-order valence-electron chi connectivity index (χ3n) is 3.35. The standard InChI is InChI=1S/C13H12BrClN2O/c1-8-5-9(14)11(6-10(8)15)17-12(18)13(7-16)3-2-4-13/h5-6H,2-4H2,1H3,(H,17,18). The van der Waals surface area contributed by atoms with E-state index >= 15 is 0 Å². The Morgan fingerprint density at radius 1 is 1.56 bits per heavy atom. The number of halogens is 2. The van der Waals surface area contributed by atoms with E-state index in [2.05, 4.69) is 27.3 Å². The summed E-state index contributed by atoms with van der Waals surface area (Å²) in [6.45, 7) is 1.89. The molecule has 1 N–H and O–H groups in total. The lowest BCUT2D eigenvalue weighted by Gasteiger charge is -2.33. The van der Waals surface area contributed by atoms with Crippen LogP contribution < -0.4 is 5.32 Å². The average molecular weight is 328 g/mol. The third kappa shape index (κ3) is 2.25. The van der Waals surface area contributed by atoms with Crippen molar-refractivity contribution in [2.45, 2.75) is 26.2 Å². The molecule has 3 nitrogen and oxygen atoms in total. The molecule has 94 valence electrons. The summed E-state index contributed by atoms with van der Waals surface area (Å²) in [5.74, 6) is -0.239. The van der Waals surface area contributed by atoms with Crippen LogP contribution in [0.2, 0.25) is 5.02 Å². The normalized spacial score (nSPS) is 16.6. The molecule has 0 bridgehead atoms. The number of carbonyl (C=O) groups excluding carboxylic acids is 1. The molecule has 1 aliphatic carbocycles. The van der Waals surface area contributed by atoms with Gasteiger partial charge in [-0.15, -0.1) is 0 Å². The van der Waals surface area contributed by atoms with Gasteiger partial charge in [-0.3, -0.25) is 4.79 Å². The van der Waals surface area contributed by atoms with Crippen molar-refractivity contribution in [2.24, 2.45) is 5.41 Å². The van der Waals surface area contributed by atoms with E-state index < -0.39 is 5.41 Å². The van der Waals surface area contributed by atoms with Gasteiger partial charge >= 0.3 is 0 Å². The summed E-state index contributed by atoms with van der Waals surface area (Å²) in [6, 6.07) is 5.66. The molecule has 1 saturated carbocycles. The zero-order valence-corrected chi connectivity index (χ0v) is 12.2. The number of nitrogens with one attached hydrogen (secondary N) is 1. The Morgan fingerprint density at radius 3 is 2.72 bits per heavy atom. The first-order chi connectivity index (χ1) is 8.48. The second kappa shape index (κ2) is 4.91. The lowest BCUT2D eigenvalue weighted by atomic mass is 9.69. The molecular formula is C13H12BrClN2O. The summed E-state index contributed by atoms with van der Waals surface area (Å²) in [7, 11) is 0. The van der Waals surface area contributed by atoms with E-state index in [4.69, 9.17) is 16.9 Å². The molecule has 18 heavy (non-hydrogen) atoms. The lowest BCUT2D eigenvalue weighted by molar-refractivity contribution is -0.126. The zero-order chi connectivity index (χ0) is 13.3. The van der Waals surface area contributed by atoms with E-state index in [0.29, 0.717) is 23.6 Å². The molecule has 1 aromatic carbocycles. The maximum Gasteiger partial charge on any atom is 0.244 e. The van der Waals surface area contributed by atoms with E-state index in [1.54, 1.807) is 6.07 Å². The molecule has 1 amide bonds. The number of nitriles is 1. The van der Waals surface area contributed by atoms with Gasteiger partial charge in [-0.2, -0.15) is 5.26 Å². The van der Waals surface area contributed by atoms with E-state index in [0.717, 1.165) is 16.5 Å². The number of benzene rings is 1. The molecule has 0 radical (unpaired) electrons. The van der Waals surface area contributed by atoms with Crippen molar-refractivity contribution in [1.29, 1.82) is 5.26 Å². The van der Waals surface area contributed by atoms with Crippen molar-refractivity contribution >= 4 is 39.1 Å². The minimum Gasteiger partial charge on any atom is -0.324 e. The minimum atomic E-state index is -0.850. The third-order valence-corrected chi connectivity index (χ3v) is 4.42. The van der Waals surface area contributed by atoms with Crippen molar-refractivity contribution in [1.82, 2.24) is 0 Å². The Bertz CT molecular complexity index is 547. The Morgan fingerprint density at radius 2 is 2.22 bits per heavy atom. The number of aryl methyl sites for hydroxylation is 1. The molecular weight excluding hydrogens is 316 g/mol. The largest absolute Gasteiger partial charge is 0.324 e. The molecule has 0 aromatic heterocycles. The second-order valence-corrected chi connectivity index (χ2v) is 5.84. The summed E-state index contributed by atoms with van der Waals surface area (Å²) in [6.07, 6.45) is 2.19. The summed E-state index contributed by atoms with van der Waals surface area (Å²) >= 11 is 9.41. The first-order valence-electron chi connectivity index (χ1n) is 5.67. The van der Waals surface area contributed by atoms with Crippen molar-refractivity contribution < 1.29 is 4.79 Å². The highest BCUT2D eigenvalue weighted by molar-refractivity contribution is 9.10. The molecule has 0 aliphatic heterocycles. The van der Waals surface area contributed by atoms with Gasteiger partial charge in [-0.05, 0) is 59.8 Å². The van der Waals surface area contributed by atoms with Crippen molar-refractivity contribution in [2.75, 3.05) is 5.32 Å². The number of anilines is 1. The van der Waals surface area contributed by atoms with Crippen LogP contribution in [-0.2, 0) is 4.79 Å². The summed E-state index contributed by atoms with van der Waals surface area (Å²) in [5.41, 5.74) is 0.689. The molecule has 5 heteroatoms. The number of nitrogens with zero attached hydrogens (tertiary/aromatic N) is 1. The predicted octanol–water partition coefficient (Wildman–Crippen LogP) is 4.04. The van der Waals surface area contributed by atoms with E-state index in [1.165, 1.54) is 0 Å². The minimum absolute atomic E-state index is 0.239. The fraction of sp³-hybridized carbons (Fsp3) is 0.385. The van der Waals surface area contributed by atoms with Gasteiger partial charge in [0.05, 0.1) is 11.8 Å². The van der Waals surface area contributed by atoms with Gasteiger partial charge in [-0.25, -0.2) is 0 Å². The van der Waals surface area contributed by atoms with Crippen molar-refractivity contribution in [3.05, 3.63) is 27.2 Å². The first-order valence-corrected chi connectivity index (χ1v) is 6.84. The molecule has 0 heterocycles. The Labute approximate surface area is 119 Å². The fourth-order valence-electron chi connectivity index (χ4n) is 1.90. The van der Waals surface area contributed by atoms with Crippen LogP contribution in [0.3, 0.4) is 0 Å². The van der Waals surface area contributed by atoms with Crippen LogP contribution in [0.5, 0.6) is 0 Å². The Hall–Kier alpha value is -1.05. The van der Waals surface area contributed by atoms with Gasteiger partial charge in [-0.1, -0.05) is 11.6 Å². The highest BCUT2D eigenvalue weighted by Crippen LogP contribution is 2.41. The molecule has 1 fully saturated rings. The predicted molar refractivity (Wildman–Crippen MR) is 74.4 cm³/mol. The molecule has 0 saturated heterocycles. The summed E-state index contributed by atoms with van der Waals surface area (Å²) < 4.78 is 0.769. The second-order valence-electron chi connectivity index (χ2n) is 4.58. The van der Waals surface area contributed by atoms with E-state index in [1.807, 2.05) is 13.0 Å². The van der Waals surface area contributed by atoms with Gasteiger partial charge in [0.2, 0.25) is 5.91 Å². The monoisotopic (exact) mass is 326 g/mol. The molecule has 0 unspecified atom stereocenters. The maximum absolute atomic E-state index is 12.1. The molecule has 0 spiro atoms. The molecule has 1 aromatic rings. The van der Waals surface area contributed by atoms with Crippen LogP contribution in [-0.4, -0.2) is 5.91 Å². The molecule has 0 atom stereocenters. The van der Waals surface area contributed by atoms with Crippen LogP contribution in [0.4, 0.5) is 5.69 Å². The van der Waals surface area contributed by atoms with Crippen LogP contribution in [0, 0.1) is 23.7 Å². The molecule has 2 rings (SSSR count). The first kappa shape index (κ1) is 13.4. The van der Waals surface area contributed by atoms with Crippen molar-refractivity contribution in [3.8, 4) is 6.07 Å². The average Bonchev–Trinajstić information content (AvgIpc) is 2.25. The lowest BCUT2D eigenvalue weighted by Crippen LogP contribution is -2.40. The number of rotatable bonds is 2. The van der Waals surface area contributed by atoms with Crippen LogP contribution >= 0.6 is 27.5 Å². The van der Waals surface area contributed by atoms with Crippen LogP contribution in [0.25, 0.3) is 0 Å². The van der Waals surface area contributed by atoms with Gasteiger partial charge in [0.1, 0.15) is 5.41 Å². The Kier molecular flexibility index (Phi) is 3.65. The Balaban J connectivity index is 2.22. The van der Waals surface area contributed by atoms with Crippen LogP contribution in [0.1, 0.15) is 24.8 Å². The smallest absolute Gasteiger partial charge is 0.244 e. The maximum atomic E-state index is 12.1. The number of hydrogen-bond acceptors (Lipinski definition) is 2. The number of carbonyl (C=O) groups is 1. The highest BCUT2D eigenvalue weighted by Gasteiger charge is 2.44. The van der Waals surface area contributed by atoms with Crippen LogP contribution in [0.15, 0.2) is 16.6 Å². The SMILES string of the molecule is Cc1cc(Br)c(NC(=O)C2(C#N)CCC2)cc1Cl.